The Hall–Kier alpha value is -1.92. The Morgan fingerprint density at radius 1 is 1.26 bits per heavy atom. The van der Waals surface area contributed by atoms with Crippen LogP contribution in [0.25, 0.3) is 15.2 Å². The molecule has 0 aliphatic carbocycles. The second-order valence-electron chi connectivity index (χ2n) is 6.02. The van der Waals surface area contributed by atoms with Crippen LogP contribution in [0.3, 0.4) is 0 Å². The third-order valence-electron chi connectivity index (χ3n) is 4.45. The number of carbonyl (C=O) groups is 1. The van der Waals surface area contributed by atoms with Crippen molar-refractivity contribution in [1.82, 2.24) is 19.6 Å². The molecule has 1 aliphatic heterocycles. The van der Waals surface area contributed by atoms with Gasteiger partial charge in [-0.15, -0.1) is 0 Å². The van der Waals surface area contributed by atoms with E-state index < -0.39 is 0 Å². The molecule has 0 saturated carbocycles. The maximum absolute atomic E-state index is 12.3. The van der Waals surface area contributed by atoms with E-state index in [-0.39, 0.29) is 5.91 Å². The fourth-order valence-electron chi connectivity index (χ4n) is 3.20. The highest BCUT2D eigenvalue weighted by Gasteiger charge is 2.12. The minimum Gasteiger partial charge on any atom is -0.351 e. The summed E-state index contributed by atoms with van der Waals surface area (Å²) in [5, 5.41) is 3.04. The van der Waals surface area contributed by atoms with E-state index >= 15 is 0 Å². The standard InChI is InChI=1S/C17H20N4OS/c22-16(18-6-10-20-8-2-1-3-9-20)13-4-5-14-15(12-13)23-17-19-7-11-21(14)17/h4-5,7,11-12H,1-3,6,8-10H2,(H,18,22). The van der Waals surface area contributed by atoms with Gasteiger partial charge in [0, 0.05) is 31.0 Å². The highest BCUT2D eigenvalue weighted by Crippen LogP contribution is 2.26. The Morgan fingerprint density at radius 2 is 2.13 bits per heavy atom. The molecule has 0 unspecified atom stereocenters. The number of thiazole rings is 1. The van der Waals surface area contributed by atoms with Gasteiger partial charge in [-0.25, -0.2) is 4.98 Å². The molecule has 0 bridgehead atoms. The molecule has 0 spiro atoms. The molecule has 23 heavy (non-hydrogen) atoms. The van der Waals surface area contributed by atoms with Crippen molar-refractivity contribution in [2.45, 2.75) is 19.3 Å². The third kappa shape index (κ3) is 2.96. The number of piperidine rings is 1. The SMILES string of the molecule is O=C(NCCN1CCCCC1)c1ccc2c(c1)sc1nccn12. The van der Waals surface area contributed by atoms with Gasteiger partial charge in [0.2, 0.25) is 0 Å². The van der Waals surface area contributed by atoms with Crippen molar-refractivity contribution < 1.29 is 4.79 Å². The lowest BCUT2D eigenvalue weighted by molar-refractivity contribution is 0.0946. The zero-order valence-corrected chi connectivity index (χ0v) is 13.8. The second kappa shape index (κ2) is 6.29. The number of aromatic nitrogens is 2. The minimum atomic E-state index is 0.00921. The first-order valence-corrected chi connectivity index (χ1v) is 8.99. The first kappa shape index (κ1) is 14.7. The number of hydrogen-bond acceptors (Lipinski definition) is 4. The number of likely N-dealkylation sites (tertiary alicyclic amines) is 1. The van der Waals surface area contributed by atoms with Crippen molar-refractivity contribution in [3.8, 4) is 0 Å². The number of fused-ring (bicyclic) bond motifs is 3. The Labute approximate surface area is 138 Å². The number of benzene rings is 1. The summed E-state index contributed by atoms with van der Waals surface area (Å²) in [7, 11) is 0. The van der Waals surface area contributed by atoms with Gasteiger partial charge in [-0.2, -0.15) is 0 Å². The van der Waals surface area contributed by atoms with Crippen LogP contribution in [0.5, 0.6) is 0 Å². The lowest BCUT2D eigenvalue weighted by atomic mass is 10.1. The first-order valence-electron chi connectivity index (χ1n) is 8.17. The van der Waals surface area contributed by atoms with Gasteiger partial charge in [-0.1, -0.05) is 17.8 Å². The van der Waals surface area contributed by atoms with E-state index in [4.69, 9.17) is 0 Å². The third-order valence-corrected chi connectivity index (χ3v) is 5.48. The van der Waals surface area contributed by atoms with Gasteiger partial charge in [0.05, 0.1) is 10.2 Å². The van der Waals surface area contributed by atoms with Crippen LogP contribution in [-0.4, -0.2) is 46.4 Å². The molecule has 1 amide bonds. The van der Waals surface area contributed by atoms with Crippen molar-refractivity contribution >= 4 is 32.4 Å². The molecule has 3 aromatic rings. The summed E-state index contributed by atoms with van der Waals surface area (Å²) in [5.41, 5.74) is 1.83. The smallest absolute Gasteiger partial charge is 0.251 e. The Morgan fingerprint density at radius 3 is 3.00 bits per heavy atom. The molecule has 0 atom stereocenters. The van der Waals surface area contributed by atoms with Crippen LogP contribution in [0, 0.1) is 0 Å². The van der Waals surface area contributed by atoms with Gasteiger partial charge in [0.15, 0.2) is 4.96 Å². The van der Waals surface area contributed by atoms with Gasteiger partial charge in [-0.05, 0) is 44.1 Å². The van der Waals surface area contributed by atoms with Gasteiger partial charge < -0.3 is 10.2 Å². The molecule has 1 saturated heterocycles. The molecule has 1 aromatic carbocycles. The van der Waals surface area contributed by atoms with Crippen molar-refractivity contribution in [3.63, 3.8) is 0 Å². The predicted octanol–water partition coefficient (Wildman–Crippen LogP) is 2.76. The fraction of sp³-hybridized carbons (Fsp3) is 0.412. The summed E-state index contributed by atoms with van der Waals surface area (Å²) in [6.45, 7) is 3.99. The van der Waals surface area contributed by atoms with Crippen molar-refractivity contribution in [2.75, 3.05) is 26.2 Å². The number of amides is 1. The maximum Gasteiger partial charge on any atom is 0.251 e. The Balaban J connectivity index is 1.42. The largest absolute Gasteiger partial charge is 0.351 e. The van der Waals surface area contributed by atoms with Crippen LogP contribution in [0.4, 0.5) is 0 Å². The van der Waals surface area contributed by atoms with Crippen LogP contribution >= 0.6 is 11.3 Å². The number of carbonyl (C=O) groups excluding carboxylic acids is 1. The highest BCUT2D eigenvalue weighted by molar-refractivity contribution is 7.23. The summed E-state index contributed by atoms with van der Waals surface area (Å²) >= 11 is 1.61. The summed E-state index contributed by atoms with van der Waals surface area (Å²) in [4.78, 5) is 20.0. The number of rotatable bonds is 4. The molecule has 1 fully saturated rings. The molecule has 120 valence electrons. The van der Waals surface area contributed by atoms with Gasteiger partial charge in [0.1, 0.15) is 0 Å². The second-order valence-corrected chi connectivity index (χ2v) is 7.03. The van der Waals surface area contributed by atoms with E-state index in [0.717, 1.165) is 40.4 Å². The van der Waals surface area contributed by atoms with Crippen LogP contribution in [-0.2, 0) is 0 Å². The highest BCUT2D eigenvalue weighted by atomic mass is 32.1. The van der Waals surface area contributed by atoms with E-state index in [1.54, 1.807) is 17.5 Å². The van der Waals surface area contributed by atoms with E-state index in [9.17, 15) is 4.79 Å². The molecular weight excluding hydrogens is 308 g/mol. The lowest BCUT2D eigenvalue weighted by Crippen LogP contribution is -2.37. The molecule has 5 nitrogen and oxygen atoms in total. The molecular formula is C17H20N4OS. The van der Waals surface area contributed by atoms with Crippen molar-refractivity contribution in [1.29, 1.82) is 0 Å². The molecule has 2 aromatic heterocycles. The zero-order chi connectivity index (χ0) is 15.6. The summed E-state index contributed by atoms with van der Waals surface area (Å²) in [5.74, 6) is 0.00921. The van der Waals surface area contributed by atoms with Gasteiger partial charge in [-0.3, -0.25) is 9.20 Å². The van der Waals surface area contributed by atoms with Gasteiger partial charge in [0.25, 0.3) is 5.91 Å². The first-order chi connectivity index (χ1) is 11.3. The normalized spacial score (nSPS) is 16.2. The summed E-state index contributed by atoms with van der Waals surface area (Å²) in [6.07, 6.45) is 7.65. The lowest BCUT2D eigenvalue weighted by Gasteiger charge is -2.26. The molecule has 1 N–H and O–H groups in total. The van der Waals surface area contributed by atoms with Crippen molar-refractivity contribution in [2.24, 2.45) is 0 Å². The van der Waals surface area contributed by atoms with Crippen LogP contribution in [0.2, 0.25) is 0 Å². The van der Waals surface area contributed by atoms with Crippen LogP contribution < -0.4 is 5.32 Å². The monoisotopic (exact) mass is 328 g/mol. The maximum atomic E-state index is 12.3. The topological polar surface area (TPSA) is 49.6 Å². The molecule has 6 heteroatoms. The quantitative estimate of drug-likeness (QED) is 0.801. The van der Waals surface area contributed by atoms with E-state index in [1.807, 2.05) is 24.4 Å². The summed E-state index contributed by atoms with van der Waals surface area (Å²) in [6, 6.07) is 5.86. The van der Waals surface area contributed by atoms with Crippen LogP contribution in [0.1, 0.15) is 29.6 Å². The van der Waals surface area contributed by atoms with Gasteiger partial charge >= 0.3 is 0 Å². The predicted molar refractivity (Wildman–Crippen MR) is 93.2 cm³/mol. The molecule has 1 aliphatic rings. The Bertz CT molecular complexity index is 831. The van der Waals surface area contributed by atoms with Crippen LogP contribution in [0.15, 0.2) is 30.6 Å². The number of nitrogens with one attached hydrogen (secondary N) is 1. The average molecular weight is 328 g/mol. The molecule has 4 rings (SSSR count). The number of nitrogens with zero attached hydrogens (tertiary/aromatic N) is 3. The minimum absolute atomic E-state index is 0.00921. The van der Waals surface area contributed by atoms with E-state index in [0.29, 0.717) is 6.54 Å². The molecule has 0 radical (unpaired) electrons. The number of hydrogen-bond donors (Lipinski definition) is 1. The summed E-state index contributed by atoms with van der Waals surface area (Å²) < 4.78 is 3.15. The number of imidazole rings is 1. The Kier molecular flexibility index (Phi) is 4.01. The zero-order valence-electron chi connectivity index (χ0n) is 13.0. The fourth-order valence-corrected chi connectivity index (χ4v) is 4.22. The molecule has 3 heterocycles. The van der Waals surface area contributed by atoms with Crippen molar-refractivity contribution in [3.05, 3.63) is 36.2 Å². The van der Waals surface area contributed by atoms with E-state index in [1.165, 1.54) is 19.3 Å². The average Bonchev–Trinajstić information content (AvgIpc) is 3.16. The van der Waals surface area contributed by atoms with E-state index in [2.05, 4.69) is 19.6 Å².